The molecule has 0 aromatic rings. The molecule has 2 aliphatic carbocycles. The minimum Gasteiger partial charge on any atom is -0.480 e. The number of amides is 2. The van der Waals surface area contributed by atoms with E-state index >= 15 is 0 Å². The summed E-state index contributed by atoms with van der Waals surface area (Å²) in [4.78, 5) is 21.9. The third-order valence-corrected chi connectivity index (χ3v) is 4.55. The van der Waals surface area contributed by atoms with E-state index in [0.717, 1.165) is 11.8 Å². The van der Waals surface area contributed by atoms with Crippen molar-refractivity contribution in [2.75, 3.05) is 19.8 Å². The molecule has 0 spiro atoms. The maximum Gasteiger partial charge on any atom is 0.329 e. The zero-order chi connectivity index (χ0) is 14.5. The lowest BCUT2D eigenvalue weighted by Gasteiger charge is -2.28. The van der Waals surface area contributed by atoms with Crippen molar-refractivity contribution in [2.45, 2.75) is 38.6 Å². The first-order chi connectivity index (χ1) is 9.56. The molecule has 0 saturated heterocycles. The molecular formula is C14H24N2O4. The Morgan fingerprint density at radius 3 is 2.75 bits per heavy atom. The van der Waals surface area contributed by atoms with Crippen molar-refractivity contribution in [3.63, 3.8) is 0 Å². The number of carbonyl (C=O) groups is 2. The highest BCUT2D eigenvalue weighted by Crippen LogP contribution is 2.49. The van der Waals surface area contributed by atoms with Crippen LogP contribution in [0, 0.1) is 17.8 Å². The standard InChI is InChI=1S/C14H24N2O4/c1-9(12-7-10-2-3-11(12)6-10)16-14(19)15-4-5-20-8-13(17)18/h9-12H,2-8H2,1H3,(H,17,18)(H2,15,16,19). The molecule has 2 aliphatic rings. The van der Waals surface area contributed by atoms with Gasteiger partial charge in [0.25, 0.3) is 0 Å². The van der Waals surface area contributed by atoms with E-state index in [0.29, 0.717) is 12.5 Å². The van der Waals surface area contributed by atoms with E-state index in [-0.39, 0.29) is 25.3 Å². The monoisotopic (exact) mass is 284 g/mol. The van der Waals surface area contributed by atoms with Crippen LogP contribution < -0.4 is 10.6 Å². The van der Waals surface area contributed by atoms with Crippen molar-refractivity contribution in [3.05, 3.63) is 0 Å². The Hall–Kier alpha value is -1.30. The van der Waals surface area contributed by atoms with Gasteiger partial charge >= 0.3 is 12.0 Å². The molecular weight excluding hydrogens is 260 g/mol. The number of carboxylic acid groups (broad SMARTS) is 1. The van der Waals surface area contributed by atoms with Crippen molar-refractivity contribution in [3.8, 4) is 0 Å². The average molecular weight is 284 g/mol. The number of aliphatic carboxylic acids is 1. The van der Waals surface area contributed by atoms with E-state index in [1.54, 1.807) is 0 Å². The van der Waals surface area contributed by atoms with Crippen molar-refractivity contribution < 1.29 is 19.4 Å². The number of rotatable bonds is 7. The second kappa shape index (κ2) is 6.92. The van der Waals surface area contributed by atoms with Crippen molar-refractivity contribution in [1.29, 1.82) is 0 Å². The van der Waals surface area contributed by atoms with Crippen LogP contribution in [-0.4, -0.2) is 42.9 Å². The number of hydrogen-bond acceptors (Lipinski definition) is 3. The van der Waals surface area contributed by atoms with Crippen LogP contribution in [0.2, 0.25) is 0 Å². The molecule has 0 aromatic heterocycles. The fourth-order valence-corrected chi connectivity index (χ4v) is 3.67. The van der Waals surface area contributed by atoms with E-state index < -0.39 is 5.97 Å². The number of carbonyl (C=O) groups excluding carboxylic acids is 1. The third kappa shape index (κ3) is 4.10. The van der Waals surface area contributed by atoms with Gasteiger partial charge in [0.1, 0.15) is 6.61 Å². The third-order valence-electron chi connectivity index (χ3n) is 4.55. The van der Waals surface area contributed by atoms with Gasteiger partial charge in [-0.15, -0.1) is 0 Å². The van der Waals surface area contributed by atoms with Crippen LogP contribution in [0.15, 0.2) is 0 Å². The molecule has 20 heavy (non-hydrogen) atoms. The molecule has 0 aliphatic heterocycles. The largest absolute Gasteiger partial charge is 0.480 e. The Bertz CT molecular complexity index is 361. The maximum absolute atomic E-state index is 11.7. The van der Waals surface area contributed by atoms with E-state index in [9.17, 15) is 9.59 Å². The molecule has 3 N–H and O–H groups in total. The highest BCUT2D eigenvalue weighted by molar-refractivity contribution is 5.74. The summed E-state index contributed by atoms with van der Waals surface area (Å²) in [6.07, 6.45) is 5.25. The summed E-state index contributed by atoms with van der Waals surface area (Å²) in [5.74, 6) is 1.28. The summed E-state index contributed by atoms with van der Waals surface area (Å²) >= 11 is 0. The first kappa shape index (κ1) is 15.1. The van der Waals surface area contributed by atoms with E-state index in [1.165, 1.54) is 25.7 Å². The number of ether oxygens (including phenoxy) is 1. The van der Waals surface area contributed by atoms with Crippen LogP contribution in [0.4, 0.5) is 4.79 Å². The Kier molecular flexibility index (Phi) is 5.23. The molecule has 2 saturated carbocycles. The van der Waals surface area contributed by atoms with E-state index in [2.05, 4.69) is 17.6 Å². The molecule has 6 nitrogen and oxygen atoms in total. The van der Waals surface area contributed by atoms with Crippen LogP contribution in [0.3, 0.4) is 0 Å². The molecule has 0 aromatic carbocycles. The van der Waals surface area contributed by atoms with Crippen molar-refractivity contribution in [2.24, 2.45) is 17.8 Å². The molecule has 6 heteroatoms. The van der Waals surface area contributed by atoms with Crippen molar-refractivity contribution in [1.82, 2.24) is 10.6 Å². The summed E-state index contributed by atoms with van der Waals surface area (Å²) < 4.78 is 4.85. The maximum atomic E-state index is 11.7. The first-order valence-corrected chi connectivity index (χ1v) is 7.40. The molecule has 0 heterocycles. The van der Waals surface area contributed by atoms with Gasteiger partial charge in [-0.3, -0.25) is 0 Å². The highest BCUT2D eigenvalue weighted by atomic mass is 16.5. The number of urea groups is 1. The Morgan fingerprint density at radius 2 is 2.15 bits per heavy atom. The summed E-state index contributed by atoms with van der Waals surface area (Å²) in [6, 6.07) is 0.00411. The fraction of sp³-hybridized carbons (Fsp3) is 0.857. The van der Waals surface area contributed by atoms with Gasteiger partial charge in [0.05, 0.1) is 6.61 Å². The van der Waals surface area contributed by atoms with Gasteiger partial charge in [0, 0.05) is 12.6 Å². The number of carboxylic acids is 1. The number of fused-ring (bicyclic) bond motifs is 2. The minimum absolute atomic E-state index is 0.195. The lowest BCUT2D eigenvalue weighted by atomic mass is 9.84. The van der Waals surface area contributed by atoms with Gasteiger partial charge in [-0.25, -0.2) is 9.59 Å². The first-order valence-electron chi connectivity index (χ1n) is 7.40. The zero-order valence-corrected chi connectivity index (χ0v) is 11.9. The average Bonchev–Trinajstić information content (AvgIpc) is 3.00. The van der Waals surface area contributed by atoms with Gasteiger partial charge in [0.2, 0.25) is 0 Å². The molecule has 0 radical (unpaired) electrons. The smallest absolute Gasteiger partial charge is 0.329 e. The molecule has 2 amide bonds. The Morgan fingerprint density at radius 1 is 1.35 bits per heavy atom. The summed E-state index contributed by atoms with van der Waals surface area (Å²) in [6.45, 7) is 2.28. The lowest BCUT2D eigenvalue weighted by molar-refractivity contribution is -0.142. The molecule has 2 bridgehead atoms. The van der Waals surface area contributed by atoms with E-state index in [4.69, 9.17) is 9.84 Å². The van der Waals surface area contributed by atoms with Gasteiger partial charge in [-0.2, -0.15) is 0 Å². The molecule has 4 atom stereocenters. The second-order valence-corrected chi connectivity index (χ2v) is 5.97. The van der Waals surface area contributed by atoms with Crippen LogP contribution in [0.5, 0.6) is 0 Å². The normalized spacial score (nSPS) is 29.1. The van der Waals surface area contributed by atoms with Crippen LogP contribution in [-0.2, 0) is 9.53 Å². The molecule has 114 valence electrons. The number of nitrogens with one attached hydrogen (secondary N) is 2. The fourth-order valence-electron chi connectivity index (χ4n) is 3.67. The predicted molar refractivity (Wildman–Crippen MR) is 73.4 cm³/mol. The topological polar surface area (TPSA) is 87.7 Å². The molecule has 4 unspecified atom stereocenters. The number of hydrogen-bond donors (Lipinski definition) is 3. The minimum atomic E-state index is -1.00. The zero-order valence-electron chi connectivity index (χ0n) is 11.9. The summed E-state index contributed by atoms with van der Waals surface area (Å²) in [5.41, 5.74) is 0. The summed E-state index contributed by atoms with van der Waals surface area (Å²) in [7, 11) is 0. The second-order valence-electron chi connectivity index (χ2n) is 5.97. The predicted octanol–water partition coefficient (Wildman–Crippen LogP) is 1.21. The van der Waals surface area contributed by atoms with Gasteiger partial charge in [-0.1, -0.05) is 6.42 Å². The quantitative estimate of drug-likeness (QED) is 0.613. The highest BCUT2D eigenvalue weighted by Gasteiger charge is 2.42. The van der Waals surface area contributed by atoms with Crippen LogP contribution in [0.1, 0.15) is 32.6 Å². The van der Waals surface area contributed by atoms with E-state index in [1.807, 2.05) is 0 Å². The van der Waals surface area contributed by atoms with Gasteiger partial charge in [0.15, 0.2) is 0 Å². The van der Waals surface area contributed by atoms with Gasteiger partial charge < -0.3 is 20.5 Å². The Balaban J connectivity index is 1.58. The Labute approximate surface area is 119 Å². The van der Waals surface area contributed by atoms with Crippen molar-refractivity contribution >= 4 is 12.0 Å². The van der Waals surface area contributed by atoms with Crippen LogP contribution in [0.25, 0.3) is 0 Å². The molecule has 2 rings (SSSR count). The summed E-state index contributed by atoms with van der Waals surface area (Å²) in [5, 5.41) is 14.1. The lowest BCUT2D eigenvalue weighted by Crippen LogP contribution is -2.46. The SMILES string of the molecule is CC(NC(=O)NCCOCC(=O)O)C1CC2CCC1C2. The molecule has 2 fully saturated rings. The van der Waals surface area contributed by atoms with Gasteiger partial charge in [-0.05, 0) is 43.9 Å². The van der Waals surface area contributed by atoms with Crippen LogP contribution >= 0.6 is 0 Å².